The number of hydrogen-bond donors (Lipinski definition) is 1. The molecule has 1 fully saturated rings. The summed E-state index contributed by atoms with van der Waals surface area (Å²) in [5, 5.41) is 9.67. The van der Waals surface area contributed by atoms with Crippen molar-refractivity contribution < 1.29 is 5.11 Å². The highest BCUT2D eigenvalue weighted by atomic mass is 79.9. The molecule has 0 aliphatic carbocycles. The van der Waals surface area contributed by atoms with Gasteiger partial charge in [0, 0.05) is 23.2 Å². The number of aliphatic hydroxyl groups is 1. The molecule has 1 aromatic carbocycles. The molecule has 1 aliphatic heterocycles. The Hall–Kier alpha value is -0.540. The predicted molar refractivity (Wildman–Crippen MR) is 84.6 cm³/mol. The van der Waals surface area contributed by atoms with Gasteiger partial charge in [0.25, 0.3) is 0 Å². The van der Waals surface area contributed by atoms with E-state index in [1.54, 1.807) is 6.92 Å². The van der Waals surface area contributed by atoms with Gasteiger partial charge in [-0.25, -0.2) is 0 Å². The first-order valence-electron chi connectivity index (χ1n) is 7.01. The topological polar surface area (TPSA) is 23.5 Å². The fraction of sp³-hybridized carbons (Fsp3) is 0.625. The summed E-state index contributed by atoms with van der Waals surface area (Å²) >= 11 is 3.56. The number of nitrogens with zero attached hydrogens (tertiary/aromatic N) is 1. The SMILES string of the molecule is C[C@@H](O)c1ccc(N2CCC(C(C)(C)C)C2)cc1Br. The molecule has 1 N–H and O–H groups in total. The second-order valence-electron chi connectivity index (χ2n) is 6.68. The van der Waals surface area contributed by atoms with Crippen molar-refractivity contribution in [2.75, 3.05) is 18.0 Å². The summed E-state index contributed by atoms with van der Waals surface area (Å²) in [6, 6.07) is 6.28. The molecule has 1 unspecified atom stereocenters. The molecule has 106 valence electrons. The number of hydrogen-bond acceptors (Lipinski definition) is 2. The van der Waals surface area contributed by atoms with Gasteiger partial charge in [-0.05, 0) is 42.4 Å². The first-order valence-corrected chi connectivity index (χ1v) is 7.81. The van der Waals surface area contributed by atoms with Crippen LogP contribution in [0.5, 0.6) is 0 Å². The van der Waals surface area contributed by atoms with Crippen LogP contribution in [-0.2, 0) is 0 Å². The van der Waals surface area contributed by atoms with Crippen molar-refractivity contribution in [1.82, 2.24) is 0 Å². The third-order valence-electron chi connectivity index (χ3n) is 4.21. The van der Waals surface area contributed by atoms with Crippen molar-refractivity contribution in [3.8, 4) is 0 Å². The van der Waals surface area contributed by atoms with E-state index >= 15 is 0 Å². The van der Waals surface area contributed by atoms with Crippen molar-refractivity contribution in [2.45, 2.75) is 40.2 Å². The van der Waals surface area contributed by atoms with E-state index < -0.39 is 6.10 Å². The summed E-state index contributed by atoms with van der Waals surface area (Å²) in [7, 11) is 0. The van der Waals surface area contributed by atoms with Gasteiger partial charge in [0.2, 0.25) is 0 Å². The highest BCUT2D eigenvalue weighted by Crippen LogP contribution is 2.37. The molecule has 2 atom stereocenters. The van der Waals surface area contributed by atoms with Crippen molar-refractivity contribution >= 4 is 21.6 Å². The Morgan fingerprint density at radius 2 is 2.05 bits per heavy atom. The van der Waals surface area contributed by atoms with Crippen molar-refractivity contribution in [1.29, 1.82) is 0 Å². The first kappa shape index (κ1) is 14.9. The lowest BCUT2D eigenvalue weighted by Gasteiger charge is -2.27. The minimum absolute atomic E-state index is 0.380. The molecular formula is C16H24BrNO. The molecule has 2 nitrogen and oxygen atoms in total. The predicted octanol–water partition coefficient (Wildman–Crippen LogP) is 4.37. The van der Waals surface area contributed by atoms with Gasteiger partial charge in [-0.2, -0.15) is 0 Å². The monoisotopic (exact) mass is 325 g/mol. The van der Waals surface area contributed by atoms with Crippen LogP contribution < -0.4 is 4.90 Å². The Labute approximate surface area is 124 Å². The Morgan fingerprint density at radius 3 is 2.53 bits per heavy atom. The average molecular weight is 326 g/mol. The molecule has 0 bridgehead atoms. The van der Waals surface area contributed by atoms with Gasteiger partial charge in [-0.15, -0.1) is 0 Å². The normalized spacial score (nSPS) is 21.8. The molecule has 2 rings (SSSR count). The van der Waals surface area contributed by atoms with Crippen LogP contribution >= 0.6 is 15.9 Å². The second kappa shape index (κ2) is 5.45. The van der Waals surface area contributed by atoms with Crippen molar-refractivity contribution in [3.05, 3.63) is 28.2 Å². The molecule has 19 heavy (non-hydrogen) atoms. The molecule has 1 saturated heterocycles. The third kappa shape index (κ3) is 3.32. The molecule has 1 heterocycles. The van der Waals surface area contributed by atoms with Gasteiger partial charge < -0.3 is 10.0 Å². The van der Waals surface area contributed by atoms with E-state index in [4.69, 9.17) is 0 Å². The van der Waals surface area contributed by atoms with Crippen LogP contribution in [0.15, 0.2) is 22.7 Å². The summed E-state index contributed by atoms with van der Waals surface area (Å²) in [4.78, 5) is 2.45. The van der Waals surface area contributed by atoms with E-state index in [9.17, 15) is 5.11 Å². The Balaban J connectivity index is 2.14. The number of halogens is 1. The lowest BCUT2D eigenvalue weighted by atomic mass is 9.80. The van der Waals surface area contributed by atoms with Crippen molar-refractivity contribution in [3.63, 3.8) is 0 Å². The number of anilines is 1. The Bertz CT molecular complexity index is 451. The van der Waals surface area contributed by atoms with Gasteiger partial charge in [-0.1, -0.05) is 42.8 Å². The van der Waals surface area contributed by atoms with E-state index in [-0.39, 0.29) is 0 Å². The summed E-state index contributed by atoms with van der Waals surface area (Å²) < 4.78 is 0.999. The molecule has 1 aromatic rings. The fourth-order valence-electron chi connectivity index (χ4n) is 2.75. The second-order valence-corrected chi connectivity index (χ2v) is 7.53. The molecule has 0 spiro atoms. The maximum absolute atomic E-state index is 9.67. The van der Waals surface area contributed by atoms with Gasteiger partial charge in [0.1, 0.15) is 0 Å². The van der Waals surface area contributed by atoms with E-state index in [1.807, 2.05) is 6.07 Å². The quantitative estimate of drug-likeness (QED) is 0.872. The summed E-state index contributed by atoms with van der Waals surface area (Å²) in [5.41, 5.74) is 2.59. The highest BCUT2D eigenvalue weighted by Gasteiger charge is 2.31. The van der Waals surface area contributed by atoms with E-state index in [1.165, 1.54) is 12.1 Å². The standard InChI is InChI=1S/C16H24BrNO/c1-11(19)14-6-5-13(9-15(14)17)18-8-7-12(10-18)16(2,3)4/h5-6,9,11-12,19H,7-8,10H2,1-4H3/t11-,12?/m1/s1. The van der Waals surface area contributed by atoms with E-state index in [0.717, 1.165) is 29.0 Å². The smallest absolute Gasteiger partial charge is 0.0772 e. The maximum Gasteiger partial charge on any atom is 0.0772 e. The molecule has 0 aromatic heterocycles. The van der Waals surface area contributed by atoms with Crippen LogP contribution in [-0.4, -0.2) is 18.2 Å². The maximum atomic E-state index is 9.67. The third-order valence-corrected chi connectivity index (χ3v) is 4.90. The molecule has 3 heteroatoms. The minimum Gasteiger partial charge on any atom is -0.389 e. The highest BCUT2D eigenvalue weighted by molar-refractivity contribution is 9.10. The van der Waals surface area contributed by atoms with Crippen LogP contribution in [0.2, 0.25) is 0 Å². The van der Waals surface area contributed by atoms with Crippen LogP contribution in [0, 0.1) is 11.3 Å². The fourth-order valence-corrected chi connectivity index (χ4v) is 3.45. The van der Waals surface area contributed by atoms with Crippen molar-refractivity contribution in [2.24, 2.45) is 11.3 Å². The molecule has 0 amide bonds. The largest absolute Gasteiger partial charge is 0.389 e. The summed E-state index contributed by atoms with van der Waals surface area (Å²) in [6.45, 7) is 11.0. The van der Waals surface area contributed by atoms with Crippen LogP contribution in [0.3, 0.4) is 0 Å². The van der Waals surface area contributed by atoms with Crippen LogP contribution in [0.25, 0.3) is 0 Å². The van der Waals surface area contributed by atoms with Gasteiger partial charge in [0.15, 0.2) is 0 Å². The summed E-state index contributed by atoms with van der Waals surface area (Å²) in [5.74, 6) is 0.753. The molecule has 0 saturated carbocycles. The first-order chi connectivity index (χ1) is 8.79. The lowest BCUT2D eigenvalue weighted by Crippen LogP contribution is -2.25. The van der Waals surface area contributed by atoms with Crippen LogP contribution in [0.1, 0.15) is 45.8 Å². The number of aliphatic hydroxyl groups excluding tert-OH is 1. The lowest BCUT2D eigenvalue weighted by molar-refractivity contribution is 0.198. The zero-order chi connectivity index (χ0) is 14.2. The number of rotatable bonds is 2. The molecular weight excluding hydrogens is 302 g/mol. The zero-order valence-corrected chi connectivity index (χ0v) is 13.9. The zero-order valence-electron chi connectivity index (χ0n) is 12.3. The molecule has 0 radical (unpaired) electrons. The molecule has 1 aliphatic rings. The Kier molecular flexibility index (Phi) is 4.26. The Morgan fingerprint density at radius 1 is 1.37 bits per heavy atom. The van der Waals surface area contributed by atoms with E-state index in [0.29, 0.717) is 5.41 Å². The van der Waals surface area contributed by atoms with Gasteiger partial charge >= 0.3 is 0 Å². The van der Waals surface area contributed by atoms with Gasteiger partial charge in [-0.3, -0.25) is 0 Å². The minimum atomic E-state index is -0.427. The number of benzene rings is 1. The van der Waals surface area contributed by atoms with Gasteiger partial charge in [0.05, 0.1) is 6.10 Å². The van der Waals surface area contributed by atoms with E-state index in [2.05, 4.69) is 53.7 Å². The van der Waals surface area contributed by atoms with Crippen LogP contribution in [0.4, 0.5) is 5.69 Å². The average Bonchev–Trinajstić information content (AvgIpc) is 2.76. The summed E-state index contributed by atoms with van der Waals surface area (Å²) in [6.07, 6.45) is 0.837.